The van der Waals surface area contributed by atoms with Crippen LogP contribution < -0.4 is 4.74 Å². The first-order valence-electron chi connectivity index (χ1n) is 7.82. The molecule has 2 aromatic heterocycles. The van der Waals surface area contributed by atoms with Gasteiger partial charge in [0.15, 0.2) is 0 Å². The molecule has 25 heavy (non-hydrogen) atoms. The number of benzene rings is 2. The zero-order chi connectivity index (χ0) is 17.6. The Morgan fingerprint density at radius 1 is 1.28 bits per heavy atom. The van der Waals surface area contributed by atoms with Gasteiger partial charge in [-0.15, -0.1) is 0 Å². The van der Waals surface area contributed by atoms with Crippen molar-refractivity contribution < 1.29 is 4.74 Å². The van der Waals surface area contributed by atoms with Gasteiger partial charge in [0, 0.05) is 28.0 Å². The first-order valence-corrected chi connectivity index (χ1v) is 8.61. The van der Waals surface area contributed by atoms with Gasteiger partial charge in [-0.3, -0.25) is 4.68 Å². The number of hydrogen-bond donors (Lipinski definition) is 1. The number of aryl methyl sites for hydroxylation is 1. The van der Waals surface area contributed by atoms with Crippen LogP contribution in [0.5, 0.6) is 5.75 Å². The fraction of sp³-hybridized carbons (Fsp3) is 0.158. The zero-order valence-electron chi connectivity index (χ0n) is 13.8. The standard InChI is InChI=1S/C19H15BrN4O/c1-11-7-17(25-2)15(13-5-6-22-18(11)13)10-24-19(20)14-8-12(9-21)3-4-16(14)23-24/h3-8,22H,10H2,1-2H3. The van der Waals surface area contributed by atoms with Crippen LogP contribution >= 0.6 is 15.9 Å². The van der Waals surface area contributed by atoms with Gasteiger partial charge in [0.1, 0.15) is 10.4 Å². The SMILES string of the molecule is COc1cc(C)c2[nH]ccc2c1Cn1nc2ccc(C#N)cc2c1Br. The maximum Gasteiger partial charge on any atom is 0.124 e. The van der Waals surface area contributed by atoms with Gasteiger partial charge in [-0.05, 0) is 58.7 Å². The van der Waals surface area contributed by atoms with Crippen molar-refractivity contribution in [3.63, 3.8) is 0 Å². The van der Waals surface area contributed by atoms with Crippen LogP contribution in [-0.4, -0.2) is 21.9 Å². The number of fused-ring (bicyclic) bond motifs is 2. The molecule has 0 aliphatic heterocycles. The predicted molar refractivity (Wildman–Crippen MR) is 101 cm³/mol. The molecule has 4 aromatic rings. The Balaban J connectivity index is 1.88. The molecule has 0 saturated carbocycles. The first-order chi connectivity index (χ1) is 12.1. The van der Waals surface area contributed by atoms with Crippen LogP contribution in [0.4, 0.5) is 0 Å². The van der Waals surface area contributed by atoms with Crippen molar-refractivity contribution in [2.75, 3.05) is 7.11 Å². The third-order valence-electron chi connectivity index (χ3n) is 4.44. The summed E-state index contributed by atoms with van der Waals surface area (Å²) in [6, 6.07) is 11.8. The highest BCUT2D eigenvalue weighted by Crippen LogP contribution is 2.33. The molecule has 4 rings (SSSR count). The second-order valence-electron chi connectivity index (χ2n) is 5.93. The van der Waals surface area contributed by atoms with Crippen molar-refractivity contribution in [3.8, 4) is 11.8 Å². The Kier molecular flexibility index (Phi) is 3.74. The minimum atomic E-state index is 0.564. The van der Waals surface area contributed by atoms with Gasteiger partial charge in [0.25, 0.3) is 0 Å². The summed E-state index contributed by atoms with van der Waals surface area (Å²) in [6.07, 6.45) is 1.94. The van der Waals surface area contributed by atoms with Gasteiger partial charge in [-0.1, -0.05) is 0 Å². The number of aromatic nitrogens is 3. The molecule has 2 aromatic carbocycles. The first kappa shape index (κ1) is 15.7. The topological polar surface area (TPSA) is 66.6 Å². The molecule has 0 saturated heterocycles. The number of nitrogens with zero attached hydrogens (tertiary/aromatic N) is 3. The van der Waals surface area contributed by atoms with Crippen LogP contribution in [0.1, 0.15) is 16.7 Å². The second kappa shape index (κ2) is 5.94. The van der Waals surface area contributed by atoms with Crippen LogP contribution in [-0.2, 0) is 6.54 Å². The van der Waals surface area contributed by atoms with Crippen LogP contribution in [0, 0.1) is 18.3 Å². The number of methoxy groups -OCH3 is 1. The lowest BCUT2D eigenvalue weighted by molar-refractivity contribution is 0.408. The number of H-pyrrole nitrogens is 1. The molecule has 0 aliphatic carbocycles. The van der Waals surface area contributed by atoms with E-state index < -0.39 is 0 Å². The number of rotatable bonds is 3. The Labute approximate surface area is 153 Å². The van der Waals surface area contributed by atoms with E-state index in [9.17, 15) is 0 Å². The van der Waals surface area contributed by atoms with E-state index in [0.29, 0.717) is 12.1 Å². The molecule has 6 heteroatoms. The van der Waals surface area contributed by atoms with Gasteiger partial charge in [-0.25, -0.2) is 0 Å². The van der Waals surface area contributed by atoms with Crippen LogP contribution in [0.3, 0.4) is 0 Å². The predicted octanol–water partition coefficient (Wildman–Crippen LogP) is 4.52. The number of hydrogen-bond acceptors (Lipinski definition) is 3. The van der Waals surface area contributed by atoms with Gasteiger partial charge >= 0.3 is 0 Å². The third-order valence-corrected chi connectivity index (χ3v) is 5.28. The summed E-state index contributed by atoms with van der Waals surface area (Å²) in [5.41, 5.74) is 4.79. The summed E-state index contributed by atoms with van der Waals surface area (Å²) >= 11 is 3.63. The smallest absolute Gasteiger partial charge is 0.124 e. The average molecular weight is 395 g/mol. The molecule has 0 aliphatic rings. The summed E-state index contributed by atoms with van der Waals surface area (Å²) in [6.45, 7) is 2.63. The fourth-order valence-electron chi connectivity index (χ4n) is 3.21. The molecule has 0 radical (unpaired) electrons. The van der Waals surface area contributed by atoms with Crippen LogP contribution in [0.25, 0.3) is 21.8 Å². The largest absolute Gasteiger partial charge is 0.496 e. The Morgan fingerprint density at radius 2 is 2.12 bits per heavy atom. The highest BCUT2D eigenvalue weighted by molar-refractivity contribution is 9.10. The highest BCUT2D eigenvalue weighted by Gasteiger charge is 2.16. The number of ether oxygens (including phenoxy) is 1. The van der Waals surface area contributed by atoms with E-state index in [2.05, 4.69) is 45.1 Å². The fourth-order valence-corrected chi connectivity index (χ4v) is 3.73. The van der Waals surface area contributed by atoms with Crippen molar-refractivity contribution in [2.45, 2.75) is 13.5 Å². The summed E-state index contributed by atoms with van der Waals surface area (Å²) in [5.74, 6) is 0.841. The zero-order valence-corrected chi connectivity index (χ0v) is 15.4. The Bertz CT molecular complexity index is 1150. The molecular formula is C19H15BrN4O. The number of nitriles is 1. The number of aromatic amines is 1. The maximum absolute atomic E-state index is 9.11. The molecular weight excluding hydrogens is 380 g/mol. The van der Waals surface area contributed by atoms with Crippen LogP contribution in [0.15, 0.2) is 41.1 Å². The van der Waals surface area contributed by atoms with Crippen molar-refractivity contribution in [2.24, 2.45) is 0 Å². The van der Waals surface area contributed by atoms with Crippen LogP contribution in [0.2, 0.25) is 0 Å². The molecule has 0 atom stereocenters. The van der Waals surface area contributed by atoms with Crippen molar-refractivity contribution >= 4 is 37.7 Å². The van der Waals surface area contributed by atoms with E-state index in [1.165, 1.54) is 0 Å². The van der Waals surface area contributed by atoms with E-state index in [4.69, 9.17) is 10.00 Å². The van der Waals surface area contributed by atoms with Crippen molar-refractivity contribution in [1.29, 1.82) is 5.26 Å². The normalized spacial score (nSPS) is 11.1. The van der Waals surface area contributed by atoms with E-state index in [-0.39, 0.29) is 0 Å². The molecule has 0 spiro atoms. The lowest BCUT2D eigenvalue weighted by Gasteiger charge is -2.13. The molecule has 1 N–H and O–H groups in total. The maximum atomic E-state index is 9.11. The monoisotopic (exact) mass is 394 g/mol. The molecule has 124 valence electrons. The van der Waals surface area contributed by atoms with E-state index in [1.54, 1.807) is 13.2 Å². The van der Waals surface area contributed by atoms with Gasteiger partial charge in [0.05, 0.1) is 30.8 Å². The van der Waals surface area contributed by atoms with Gasteiger partial charge < -0.3 is 9.72 Å². The van der Waals surface area contributed by atoms with Gasteiger partial charge in [0.2, 0.25) is 0 Å². The molecule has 0 bridgehead atoms. The minimum Gasteiger partial charge on any atom is -0.496 e. The Morgan fingerprint density at radius 3 is 2.88 bits per heavy atom. The number of halogens is 1. The van der Waals surface area contributed by atoms with E-state index >= 15 is 0 Å². The summed E-state index contributed by atoms with van der Waals surface area (Å²) < 4.78 is 8.36. The lowest BCUT2D eigenvalue weighted by atomic mass is 10.0. The second-order valence-corrected chi connectivity index (χ2v) is 6.68. The van der Waals surface area contributed by atoms with Gasteiger partial charge in [-0.2, -0.15) is 10.4 Å². The van der Waals surface area contributed by atoms with Crippen molar-refractivity contribution in [3.05, 3.63) is 57.8 Å². The van der Waals surface area contributed by atoms with Crippen molar-refractivity contribution in [1.82, 2.24) is 14.8 Å². The summed E-state index contributed by atoms with van der Waals surface area (Å²) in [7, 11) is 1.69. The van der Waals surface area contributed by atoms with E-state index in [0.717, 1.165) is 43.3 Å². The average Bonchev–Trinajstić information content (AvgIpc) is 3.23. The highest BCUT2D eigenvalue weighted by atomic mass is 79.9. The third kappa shape index (κ3) is 2.48. The summed E-state index contributed by atoms with van der Waals surface area (Å²) in [4.78, 5) is 3.29. The molecule has 0 fully saturated rings. The van der Waals surface area contributed by atoms with E-state index in [1.807, 2.05) is 29.1 Å². The molecule has 5 nitrogen and oxygen atoms in total. The molecule has 0 amide bonds. The molecule has 2 heterocycles. The lowest BCUT2D eigenvalue weighted by Crippen LogP contribution is -2.05. The Hall–Kier alpha value is -2.78. The minimum absolute atomic E-state index is 0.564. The summed E-state index contributed by atoms with van der Waals surface area (Å²) in [5, 5.41) is 15.8. The quantitative estimate of drug-likeness (QED) is 0.555. The molecule has 0 unspecified atom stereocenters. The number of nitrogens with one attached hydrogen (secondary N) is 1.